The Kier molecular flexibility index (Phi) is 3.29. The zero-order valence-electron chi connectivity index (χ0n) is 9.48. The lowest BCUT2D eigenvalue weighted by Crippen LogP contribution is -2.30. The topological polar surface area (TPSA) is 40.5 Å². The number of carbonyl (C=O) groups excluding carboxylic acids is 1. The number of aliphatic hydroxyl groups is 1. The molecule has 2 unspecified atom stereocenters. The lowest BCUT2D eigenvalue weighted by atomic mass is 9.91. The Bertz CT molecular complexity index is 238. The maximum absolute atomic E-state index is 11.2. The van der Waals surface area contributed by atoms with E-state index in [1.54, 1.807) is 6.92 Å². The monoisotopic (exact) mass is 211 g/mol. The van der Waals surface area contributed by atoms with Gasteiger partial charge in [-0.05, 0) is 43.9 Å². The van der Waals surface area contributed by atoms with Gasteiger partial charge in [0.2, 0.25) is 5.91 Å². The van der Waals surface area contributed by atoms with E-state index in [1.165, 1.54) is 12.8 Å². The molecule has 1 aliphatic carbocycles. The van der Waals surface area contributed by atoms with Crippen LogP contribution >= 0.6 is 0 Å². The molecule has 1 heterocycles. The molecule has 2 aliphatic rings. The maximum atomic E-state index is 11.2. The fourth-order valence-corrected chi connectivity index (χ4v) is 2.60. The molecule has 86 valence electrons. The Morgan fingerprint density at radius 1 is 1.20 bits per heavy atom. The minimum atomic E-state index is -0.100. The van der Waals surface area contributed by atoms with E-state index in [1.807, 2.05) is 4.90 Å². The fourth-order valence-electron chi connectivity index (χ4n) is 2.60. The average Bonchev–Trinajstić information content (AvgIpc) is 3.04. The van der Waals surface area contributed by atoms with Crippen LogP contribution in [-0.4, -0.2) is 35.1 Å². The molecular weight excluding hydrogens is 190 g/mol. The summed E-state index contributed by atoms with van der Waals surface area (Å²) in [7, 11) is 0. The molecule has 0 bridgehead atoms. The number of carbonyl (C=O) groups is 1. The lowest BCUT2D eigenvalue weighted by molar-refractivity contribution is -0.128. The molecule has 3 heteroatoms. The van der Waals surface area contributed by atoms with Crippen molar-refractivity contribution in [1.82, 2.24) is 4.90 Å². The van der Waals surface area contributed by atoms with Crippen molar-refractivity contribution in [2.45, 2.75) is 45.1 Å². The molecule has 0 spiro atoms. The van der Waals surface area contributed by atoms with Crippen molar-refractivity contribution in [3.63, 3.8) is 0 Å². The summed E-state index contributed by atoms with van der Waals surface area (Å²) in [5.41, 5.74) is 0. The van der Waals surface area contributed by atoms with Crippen LogP contribution in [0.3, 0.4) is 0 Å². The van der Waals surface area contributed by atoms with Gasteiger partial charge in [0.15, 0.2) is 0 Å². The van der Waals surface area contributed by atoms with E-state index in [9.17, 15) is 9.90 Å². The summed E-state index contributed by atoms with van der Waals surface area (Å²) in [4.78, 5) is 13.2. The van der Waals surface area contributed by atoms with Gasteiger partial charge in [-0.1, -0.05) is 0 Å². The van der Waals surface area contributed by atoms with Crippen molar-refractivity contribution in [2.24, 2.45) is 11.8 Å². The van der Waals surface area contributed by atoms with Crippen LogP contribution in [0.5, 0.6) is 0 Å². The number of nitrogens with zero attached hydrogens (tertiary/aromatic N) is 1. The van der Waals surface area contributed by atoms with E-state index < -0.39 is 0 Å². The smallest absolute Gasteiger partial charge is 0.219 e. The van der Waals surface area contributed by atoms with Gasteiger partial charge in [0.25, 0.3) is 0 Å². The first-order chi connectivity index (χ1) is 7.18. The minimum absolute atomic E-state index is 0.100. The summed E-state index contributed by atoms with van der Waals surface area (Å²) < 4.78 is 0. The van der Waals surface area contributed by atoms with Crippen LogP contribution in [0.15, 0.2) is 0 Å². The van der Waals surface area contributed by atoms with E-state index in [0.717, 1.165) is 32.4 Å². The Morgan fingerprint density at radius 2 is 1.87 bits per heavy atom. The molecule has 1 saturated heterocycles. The third kappa shape index (κ3) is 2.71. The highest BCUT2D eigenvalue weighted by Crippen LogP contribution is 2.38. The Labute approximate surface area is 91.5 Å². The van der Waals surface area contributed by atoms with Crippen molar-refractivity contribution >= 4 is 5.91 Å². The van der Waals surface area contributed by atoms with Crippen molar-refractivity contribution in [3.8, 4) is 0 Å². The number of aliphatic hydroxyl groups excluding tert-OH is 1. The molecule has 0 aromatic rings. The van der Waals surface area contributed by atoms with Crippen molar-refractivity contribution in [1.29, 1.82) is 0 Å². The molecule has 1 N–H and O–H groups in total. The van der Waals surface area contributed by atoms with Crippen LogP contribution in [0.4, 0.5) is 0 Å². The Hall–Kier alpha value is -0.570. The molecule has 1 aliphatic heterocycles. The third-order valence-corrected chi connectivity index (χ3v) is 3.81. The molecule has 2 rings (SSSR count). The molecular formula is C12H21NO2. The average molecular weight is 211 g/mol. The largest absolute Gasteiger partial charge is 0.393 e. The first kappa shape index (κ1) is 10.9. The van der Waals surface area contributed by atoms with E-state index in [4.69, 9.17) is 0 Å². The first-order valence-electron chi connectivity index (χ1n) is 6.12. The normalized spacial score (nSPS) is 29.7. The summed E-state index contributed by atoms with van der Waals surface area (Å²) in [5.74, 6) is 1.18. The molecule has 2 atom stereocenters. The van der Waals surface area contributed by atoms with Crippen molar-refractivity contribution in [2.75, 3.05) is 13.1 Å². The van der Waals surface area contributed by atoms with Gasteiger partial charge in [-0.3, -0.25) is 4.79 Å². The van der Waals surface area contributed by atoms with Gasteiger partial charge in [0.05, 0.1) is 6.10 Å². The van der Waals surface area contributed by atoms with Gasteiger partial charge in [0, 0.05) is 20.0 Å². The molecule has 2 fully saturated rings. The van der Waals surface area contributed by atoms with E-state index in [0.29, 0.717) is 11.8 Å². The van der Waals surface area contributed by atoms with Crippen LogP contribution in [0, 0.1) is 11.8 Å². The maximum Gasteiger partial charge on any atom is 0.219 e. The van der Waals surface area contributed by atoms with E-state index in [2.05, 4.69) is 0 Å². The predicted molar refractivity (Wildman–Crippen MR) is 58.3 cm³/mol. The lowest BCUT2D eigenvalue weighted by Gasteiger charge is -2.21. The van der Waals surface area contributed by atoms with Gasteiger partial charge in [-0.2, -0.15) is 0 Å². The molecule has 1 saturated carbocycles. The summed E-state index contributed by atoms with van der Waals surface area (Å²) in [6, 6.07) is 0. The molecule has 0 aromatic heterocycles. The first-order valence-corrected chi connectivity index (χ1v) is 6.12. The summed E-state index contributed by atoms with van der Waals surface area (Å²) in [6.07, 6.45) is 5.42. The number of likely N-dealkylation sites (tertiary alicyclic amines) is 1. The zero-order valence-corrected chi connectivity index (χ0v) is 9.48. The zero-order chi connectivity index (χ0) is 10.8. The van der Waals surface area contributed by atoms with Crippen LogP contribution in [0.25, 0.3) is 0 Å². The van der Waals surface area contributed by atoms with Gasteiger partial charge in [0.1, 0.15) is 0 Å². The van der Waals surface area contributed by atoms with Crippen LogP contribution in [0.2, 0.25) is 0 Å². The fraction of sp³-hybridized carbons (Fsp3) is 0.917. The quantitative estimate of drug-likeness (QED) is 0.750. The second-order valence-corrected chi connectivity index (χ2v) is 5.03. The molecule has 0 radical (unpaired) electrons. The minimum Gasteiger partial charge on any atom is -0.393 e. The summed E-state index contributed by atoms with van der Waals surface area (Å²) in [6.45, 7) is 3.35. The molecule has 0 aromatic carbocycles. The van der Waals surface area contributed by atoms with Gasteiger partial charge in [-0.25, -0.2) is 0 Å². The molecule has 15 heavy (non-hydrogen) atoms. The van der Waals surface area contributed by atoms with Crippen molar-refractivity contribution < 1.29 is 9.90 Å². The Morgan fingerprint density at radius 3 is 2.47 bits per heavy atom. The highest BCUT2D eigenvalue weighted by atomic mass is 16.3. The second kappa shape index (κ2) is 4.52. The number of hydrogen-bond donors (Lipinski definition) is 1. The predicted octanol–water partition coefficient (Wildman–Crippen LogP) is 1.41. The van der Waals surface area contributed by atoms with Crippen LogP contribution < -0.4 is 0 Å². The van der Waals surface area contributed by atoms with Crippen LogP contribution in [-0.2, 0) is 4.79 Å². The van der Waals surface area contributed by atoms with Gasteiger partial charge < -0.3 is 10.0 Å². The molecule has 1 amide bonds. The SMILES string of the molecule is CC(=O)N1CCCC(C(O)C2CC2)CC1. The highest BCUT2D eigenvalue weighted by molar-refractivity contribution is 5.73. The van der Waals surface area contributed by atoms with Crippen molar-refractivity contribution in [3.05, 3.63) is 0 Å². The van der Waals surface area contributed by atoms with Gasteiger partial charge >= 0.3 is 0 Å². The number of amides is 1. The highest BCUT2D eigenvalue weighted by Gasteiger charge is 2.35. The van der Waals surface area contributed by atoms with Crippen LogP contribution in [0.1, 0.15) is 39.0 Å². The Balaban J connectivity index is 1.85. The van der Waals surface area contributed by atoms with Gasteiger partial charge in [-0.15, -0.1) is 0 Å². The summed E-state index contributed by atoms with van der Waals surface area (Å²) in [5, 5.41) is 10.1. The standard InChI is InChI=1S/C12H21NO2/c1-9(14)13-7-2-3-10(6-8-13)12(15)11-4-5-11/h10-12,15H,2-8H2,1H3. The van der Waals surface area contributed by atoms with E-state index >= 15 is 0 Å². The second-order valence-electron chi connectivity index (χ2n) is 5.03. The summed E-state index contributed by atoms with van der Waals surface area (Å²) >= 11 is 0. The third-order valence-electron chi connectivity index (χ3n) is 3.81. The number of hydrogen-bond acceptors (Lipinski definition) is 2. The van der Waals surface area contributed by atoms with E-state index in [-0.39, 0.29) is 12.0 Å². The number of rotatable bonds is 2. The molecule has 3 nitrogen and oxygen atoms in total.